The number of pyridine rings is 2. The lowest BCUT2D eigenvalue weighted by atomic mass is 10.2. The molecule has 122 valence electrons. The number of nitrogens with one attached hydrogen (secondary N) is 2. The smallest absolute Gasteiger partial charge is 0.248 e. The molecule has 0 bridgehead atoms. The van der Waals surface area contributed by atoms with E-state index in [0.29, 0.717) is 24.6 Å². The Labute approximate surface area is 139 Å². The maximum absolute atomic E-state index is 11.9. The highest BCUT2D eigenvalue weighted by Gasteiger charge is 2.17. The molecule has 1 fully saturated rings. The van der Waals surface area contributed by atoms with E-state index in [1.165, 1.54) is 6.08 Å². The fourth-order valence-electron chi connectivity index (χ4n) is 2.31. The Hall–Kier alpha value is -3.22. The molecular weight excluding hydrogens is 306 g/mol. The second-order valence-corrected chi connectivity index (χ2v) is 5.29. The van der Waals surface area contributed by atoms with Crippen molar-refractivity contribution in [2.24, 2.45) is 0 Å². The molecule has 3 heterocycles. The van der Waals surface area contributed by atoms with E-state index in [9.17, 15) is 9.59 Å². The second-order valence-electron chi connectivity index (χ2n) is 5.29. The van der Waals surface area contributed by atoms with Gasteiger partial charge >= 0.3 is 0 Å². The Morgan fingerprint density at radius 2 is 2.21 bits per heavy atom. The minimum Gasteiger partial charge on any atom is -0.353 e. The van der Waals surface area contributed by atoms with Gasteiger partial charge in [0.1, 0.15) is 5.82 Å². The Bertz CT molecular complexity index is 743. The lowest BCUT2D eigenvalue weighted by Crippen LogP contribution is -2.48. The minimum absolute atomic E-state index is 0.0130. The van der Waals surface area contributed by atoms with Gasteiger partial charge in [-0.15, -0.1) is 0 Å². The van der Waals surface area contributed by atoms with Crippen LogP contribution in [0.4, 0.5) is 11.5 Å². The molecule has 0 aromatic carbocycles. The molecule has 7 nitrogen and oxygen atoms in total. The number of amides is 2. The van der Waals surface area contributed by atoms with Crippen LogP contribution in [0.5, 0.6) is 0 Å². The first-order chi connectivity index (χ1) is 11.7. The number of rotatable bonds is 4. The number of nitrogens with zero attached hydrogens (tertiary/aromatic N) is 3. The van der Waals surface area contributed by atoms with E-state index in [2.05, 4.69) is 20.6 Å². The van der Waals surface area contributed by atoms with Crippen LogP contribution in [0.2, 0.25) is 0 Å². The van der Waals surface area contributed by atoms with Crippen molar-refractivity contribution in [1.29, 1.82) is 0 Å². The molecule has 24 heavy (non-hydrogen) atoms. The number of aromatic nitrogens is 2. The van der Waals surface area contributed by atoms with Crippen molar-refractivity contribution in [3.05, 3.63) is 54.5 Å². The second kappa shape index (κ2) is 7.36. The van der Waals surface area contributed by atoms with Gasteiger partial charge in [-0.1, -0.05) is 6.07 Å². The van der Waals surface area contributed by atoms with Crippen LogP contribution in [-0.4, -0.2) is 41.4 Å². The first-order valence-electron chi connectivity index (χ1n) is 7.57. The third kappa shape index (κ3) is 4.16. The zero-order valence-corrected chi connectivity index (χ0v) is 13.0. The summed E-state index contributed by atoms with van der Waals surface area (Å²) in [5.74, 6) is 0.459. The third-order valence-electron chi connectivity index (χ3n) is 3.49. The molecule has 0 saturated carbocycles. The summed E-state index contributed by atoms with van der Waals surface area (Å²) in [6.07, 6.45) is 8.07. The van der Waals surface area contributed by atoms with Crippen molar-refractivity contribution in [1.82, 2.24) is 15.3 Å². The molecule has 2 aromatic heterocycles. The lowest BCUT2D eigenvalue weighted by molar-refractivity contribution is -0.120. The van der Waals surface area contributed by atoms with E-state index in [4.69, 9.17) is 0 Å². The highest BCUT2D eigenvalue weighted by Crippen LogP contribution is 2.15. The van der Waals surface area contributed by atoms with Crippen molar-refractivity contribution in [2.75, 3.05) is 29.9 Å². The maximum atomic E-state index is 11.9. The fourth-order valence-corrected chi connectivity index (χ4v) is 2.31. The predicted molar refractivity (Wildman–Crippen MR) is 91.4 cm³/mol. The molecule has 2 amide bonds. The van der Waals surface area contributed by atoms with Crippen molar-refractivity contribution < 1.29 is 9.59 Å². The SMILES string of the molecule is O=C(/C=C/c1cccnc1)Nc1ccc(N2CCNC(=O)C2)nc1. The summed E-state index contributed by atoms with van der Waals surface area (Å²) in [6.45, 7) is 1.63. The molecule has 0 unspecified atom stereocenters. The number of piperazine rings is 1. The summed E-state index contributed by atoms with van der Waals surface area (Å²) in [7, 11) is 0. The molecule has 0 spiro atoms. The normalized spacial score (nSPS) is 14.5. The maximum Gasteiger partial charge on any atom is 0.248 e. The molecule has 1 saturated heterocycles. The number of anilines is 2. The molecule has 0 aliphatic carbocycles. The Kier molecular flexibility index (Phi) is 4.81. The average Bonchev–Trinajstić information content (AvgIpc) is 2.61. The topological polar surface area (TPSA) is 87.2 Å². The van der Waals surface area contributed by atoms with E-state index in [1.54, 1.807) is 42.9 Å². The van der Waals surface area contributed by atoms with Crippen LogP contribution in [0.1, 0.15) is 5.56 Å². The summed E-state index contributed by atoms with van der Waals surface area (Å²) in [5.41, 5.74) is 1.45. The molecule has 0 radical (unpaired) electrons. The number of carbonyl (C=O) groups excluding carboxylic acids is 2. The van der Waals surface area contributed by atoms with E-state index >= 15 is 0 Å². The number of carbonyl (C=O) groups is 2. The summed E-state index contributed by atoms with van der Waals surface area (Å²) in [5, 5.41) is 5.51. The molecule has 2 aromatic rings. The van der Waals surface area contributed by atoms with Gasteiger partial charge in [0.2, 0.25) is 11.8 Å². The summed E-state index contributed by atoms with van der Waals surface area (Å²) >= 11 is 0. The van der Waals surface area contributed by atoms with Crippen molar-refractivity contribution in [3.8, 4) is 0 Å². The predicted octanol–water partition coefficient (Wildman–Crippen LogP) is 1.06. The zero-order chi connectivity index (χ0) is 16.8. The van der Waals surface area contributed by atoms with E-state index in [-0.39, 0.29) is 11.8 Å². The monoisotopic (exact) mass is 323 g/mol. The quantitative estimate of drug-likeness (QED) is 0.822. The number of hydrogen-bond donors (Lipinski definition) is 2. The van der Waals surface area contributed by atoms with Gasteiger partial charge in [0.15, 0.2) is 0 Å². The Morgan fingerprint density at radius 3 is 2.92 bits per heavy atom. The molecule has 2 N–H and O–H groups in total. The first-order valence-corrected chi connectivity index (χ1v) is 7.57. The van der Waals surface area contributed by atoms with E-state index in [0.717, 1.165) is 12.1 Å². The molecule has 7 heteroatoms. The van der Waals surface area contributed by atoms with Crippen molar-refractivity contribution in [2.45, 2.75) is 0 Å². The van der Waals surface area contributed by atoms with E-state index in [1.807, 2.05) is 11.0 Å². The van der Waals surface area contributed by atoms with Gasteiger partial charge in [-0.2, -0.15) is 0 Å². The van der Waals surface area contributed by atoms with Gasteiger partial charge in [-0.25, -0.2) is 4.98 Å². The highest BCUT2D eigenvalue weighted by molar-refractivity contribution is 6.01. The molecule has 3 rings (SSSR count). The molecule has 1 aliphatic heterocycles. The third-order valence-corrected chi connectivity index (χ3v) is 3.49. The first kappa shape index (κ1) is 15.7. The van der Waals surface area contributed by atoms with Gasteiger partial charge in [-0.05, 0) is 29.8 Å². The molecule has 1 aliphatic rings. The molecule has 0 atom stereocenters. The van der Waals surface area contributed by atoms with Crippen LogP contribution in [0.25, 0.3) is 6.08 Å². The van der Waals surface area contributed by atoms with Gasteiger partial charge in [0.05, 0.1) is 18.4 Å². The van der Waals surface area contributed by atoms with E-state index < -0.39 is 0 Å². The zero-order valence-electron chi connectivity index (χ0n) is 13.0. The van der Waals surface area contributed by atoms with Crippen LogP contribution in [0.15, 0.2) is 48.9 Å². The fraction of sp³-hybridized carbons (Fsp3) is 0.176. The standard InChI is InChI=1S/C17H17N5O2/c23-16(6-3-13-2-1-7-18-10-13)21-14-4-5-15(20-11-14)22-9-8-19-17(24)12-22/h1-7,10-11H,8-9,12H2,(H,19,24)(H,21,23)/b6-3+. The molecular formula is C17H17N5O2. The van der Waals surface area contributed by atoms with Gasteiger partial charge in [-0.3, -0.25) is 14.6 Å². The summed E-state index contributed by atoms with van der Waals surface area (Å²) in [6, 6.07) is 7.23. The largest absolute Gasteiger partial charge is 0.353 e. The summed E-state index contributed by atoms with van der Waals surface area (Å²) in [4.78, 5) is 33.5. The van der Waals surface area contributed by atoms with Gasteiger partial charge in [0, 0.05) is 31.6 Å². The van der Waals surface area contributed by atoms with Crippen LogP contribution < -0.4 is 15.5 Å². The van der Waals surface area contributed by atoms with Crippen molar-refractivity contribution in [3.63, 3.8) is 0 Å². The van der Waals surface area contributed by atoms with Crippen LogP contribution in [-0.2, 0) is 9.59 Å². The Morgan fingerprint density at radius 1 is 1.29 bits per heavy atom. The van der Waals surface area contributed by atoms with Crippen molar-refractivity contribution >= 4 is 29.4 Å². The number of hydrogen-bond acceptors (Lipinski definition) is 5. The van der Waals surface area contributed by atoms with Gasteiger partial charge in [0.25, 0.3) is 0 Å². The van der Waals surface area contributed by atoms with Gasteiger partial charge < -0.3 is 15.5 Å². The average molecular weight is 323 g/mol. The van der Waals surface area contributed by atoms with Crippen LogP contribution in [0.3, 0.4) is 0 Å². The van der Waals surface area contributed by atoms with Crippen LogP contribution in [0, 0.1) is 0 Å². The lowest BCUT2D eigenvalue weighted by Gasteiger charge is -2.27. The minimum atomic E-state index is -0.245. The van der Waals surface area contributed by atoms with Crippen LogP contribution >= 0.6 is 0 Å². The Balaban J connectivity index is 1.58. The highest BCUT2D eigenvalue weighted by atomic mass is 16.2. The summed E-state index contributed by atoms with van der Waals surface area (Å²) < 4.78 is 0.